The number of nitrogens with zero attached hydrogens (tertiary/aromatic N) is 2. The molecule has 0 saturated heterocycles. The summed E-state index contributed by atoms with van der Waals surface area (Å²) in [5.41, 5.74) is 6.78. The van der Waals surface area contributed by atoms with Gasteiger partial charge >= 0.3 is 0 Å². The van der Waals surface area contributed by atoms with Gasteiger partial charge in [-0.2, -0.15) is 0 Å². The maximum absolute atomic E-state index is 12.3. The summed E-state index contributed by atoms with van der Waals surface area (Å²) in [5, 5.41) is 14.1. The van der Waals surface area contributed by atoms with Gasteiger partial charge in [-0.1, -0.05) is 11.6 Å². The molecule has 2 aromatic rings. The van der Waals surface area contributed by atoms with Crippen LogP contribution in [-0.4, -0.2) is 21.9 Å². The van der Waals surface area contributed by atoms with Crippen LogP contribution in [-0.2, 0) is 12.8 Å². The molecule has 23 heavy (non-hydrogen) atoms. The smallest absolute Gasteiger partial charge is 0.271 e. The number of carbonyl (C=O) groups excluding carboxylic acids is 1. The largest absolute Gasteiger partial charge is 0.327 e. The molecule has 0 aliphatic heterocycles. The van der Waals surface area contributed by atoms with Crippen LogP contribution in [0.1, 0.15) is 27.3 Å². The molecular formula is C14H13ClN4O3S. The molecule has 1 atom stereocenters. The summed E-state index contributed by atoms with van der Waals surface area (Å²) in [6.45, 7) is 0. The van der Waals surface area contributed by atoms with Crippen LogP contribution >= 0.6 is 22.9 Å². The number of aryl methyl sites for hydroxylation is 1. The van der Waals surface area contributed by atoms with Crippen LogP contribution < -0.4 is 11.1 Å². The minimum Gasteiger partial charge on any atom is -0.327 e. The van der Waals surface area contributed by atoms with Gasteiger partial charge in [0.25, 0.3) is 11.6 Å². The van der Waals surface area contributed by atoms with E-state index in [9.17, 15) is 14.9 Å². The van der Waals surface area contributed by atoms with Gasteiger partial charge in [-0.3, -0.25) is 20.2 Å². The number of halogens is 1. The van der Waals surface area contributed by atoms with E-state index in [1.165, 1.54) is 29.5 Å². The third-order valence-electron chi connectivity index (χ3n) is 3.55. The van der Waals surface area contributed by atoms with E-state index in [1.54, 1.807) is 0 Å². The van der Waals surface area contributed by atoms with Crippen LogP contribution in [0, 0.1) is 10.1 Å². The summed E-state index contributed by atoms with van der Waals surface area (Å²) < 4.78 is 0. The standard InChI is InChI=1S/C14H13ClN4O3S/c15-8-3-7(4-10(5-8)19(21)22)13(20)18-14-17-11-2-1-9(16)6-12(11)23-14/h3-5,9H,1-2,6,16H2,(H,17,18,20)/t9-/m0/s1. The average Bonchev–Trinajstić information content (AvgIpc) is 2.87. The number of thiazole rings is 1. The number of amides is 1. The van der Waals surface area contributed by atoms with E-state index in [-0.39, 0.29) is 22.3 Å². The van der Waals surface area contributed by atoms with Crippen LogP contribution in [0.15, 0.2) is 18.2 Å². The third kappa shape index (κ3) is 3.49. The topological polar surface area (TPSA) is 111 Å². The number of anilines is 1. The highest BCUT2D eigenvalue weighted by Gasteiger charge is 2.21. The quantitative estimate of drug-likeness (QED) is 0.651. The number of rotatable bonds is 3. The Balaban J connectivity index is 1.81. The van der Waals surface area contributed by atoms with Crippen LogP contribution in [0.3, 0.4) is 0 Å². The predicted molar refractivity (Wildman–Crippen MR) is 88.2 cm³/mol. The molecule has 7 nitrogen and oxygen atoms in total. The summed E-state index contributed by atoms with van der Waals surface area (Å²) >= 11 is 7.22. The molecule has 0 bridgehead atoms. The van der Waals surface area contributed by atoms with Crippen molar-refractivity contribution < 1.29 is 9.72 Å². The number of benzene rings is 1. The van der Waals surface area contributed by atoms with E-state index in [0.717, 1.165) is 29.8 Å². The summed E-state index contributed by atoms with van der Waals surface area (Å²) in [5.74, 6) is -0.481. The fourth-order valence-electron chi connectivity index (χ4n) is 2.43. The molecule has 1 aliphatic rings. The molecule has 1 aromatic carbocycles. The van der Waals surface area contributed by atoms with E-state index in [4.69, 9.17) is 17.3 Å². The maximum Gasteiger partial charge on any atom is 0.271 e. The zero-order chi connectivity index (χ0) is 16.6. The fourth-order valence-corrected chi connectivity index (χ4v) is 3.76. The number of aromatic nitrogens is 1. The van der Waals surface area contributed by atoms with Gasteiger partial charge in [-0.15, -0.1) is 11.3 Å². The molecule has 120 valence electrons. The Kier molecular flexibility index (Phi) is 4.29. The Hall–Kier alpha value is -2.03. The normalized spacial score (nSPS) is 16.7. The Morgan fingerprint density at radius 2 is 2.26 bits per heavy atom. The molecule has 1 heterocycles. The maximum atomic E-state index is 12.3. The number of carbonyl (C=O) groups is 1. The van der Waals surface area contributed by atoms with Crippen LogP contribution in [0.25, 0.3) is 0 Å². The minimum absolute atomic E-state index is 0.120. The molecular weight excluding hydrogens is 340 g/mol. The number of non-ortho nitro benzene ring substituents is 1. The second-order valence-electron chi connectivity index (χ2n) is 5.30. The van der Waals surface area contributed by atoms with Crippen molar-refractivity contribution >= 4 is 39.7 Å². The number of hydrogen-bond acceptors (Lipinski definition) is 6. The van der Waals surface area contributed by atoms with Crippen LogP contribution in [0.5, 0.6) is 0 Å². The second-order valence-corrected chi connectivity index (χ2v) is 6.82. The number of nitro benzene ring substituents is 1. The molecule has 3 N–H and O–H groups in total. The first-order valence-corrected chi connectivity index (χ1v) is 8.12. The van der Waals surface area contributed by atoms with Crippen molar-refractivity contribution in [1.82, 2.24) is 4.98 Å². The van der Waals surface area contributed by atoms with Crippen molar-refractivity contribution in [2.24, 2.45) is 5.73 Å². The van der Waals surface area contributed by atoms with Gasteiger partial charge in [0.1, 0.15) is 0 Å². The van der Waals surface area contributed by atoms with Crippen LogP contribution in [0.4, 0.5) is 10.8 Å². The van der Waals surface area contributed by atoms with Crippen LogP contribution in [0.2, 0.25) is 5.02 Å². The van der Waals surface area contributed by atoms with E-state index in [2.05, 4.69) is 10.3 Å². The first kappa shape index (κ1) is 15.9. The van der Waals surface area contributed by atoms with Gasteiger partial charge in [0.2, 0.25) is 0 Å². The molecule has 1 amide bonds. The molecule has 9 heteroatoms. The van der Waals surface area contributed by atoms with E-state index < -0.39 is 10.8 Å². The van der Waals surface area contributed by atoms with Crippen molar-refractivity contribution in [3.05, 3.63) is 49.5 Å². The number of nitrogens with two attached hydrogens (primary N) is 1. The van der Waals surface area contributed by atoms with Gasteiger partial charge in [-0.25, -0.2) is 4.98 Å². The van der Waals surface area contributed by atoms with Crippen molar-refractivity contribution in [1.29, 1.82) is 0 Å². The molecule has 0 unspecified atom stereocenters. The molecule has 3 rings (SSSR count). The zero-order valence-electron chi connectivity index (χ0n) is 11.9. The fraction of sp³-hybridized carbons (Fsp3) is 0.286. The van der Waals surface area contributed by atoms with Gasteiger partial charge < -0.3 is 5.73 Å². The average molecular weight is 353 g/mol. The lowest BCUT2D eigenvalue weighted by Gasteiger charge is -2.15. The zero-order valence-corrected chi connectivity index (χ0v) is 13.5. The first-order valence-electron chi connectivity index (χ1n) is 6.93. The van der Waals surface area contributed by atoms with Gasteiger partial charge in [0.05, 0.1) is 10.6 Å². The number of nitro groups is 1. The van der Waals surface area contributed by atoms with Gasteiger partial charge in [0, 0.05) is 33.6 Å². The number of hydrogen-bond donors (Lipinski definition) is 2. The third-order valence-corrected chi connectivity index (χ3v) is 4.81. The highest BCUT2D eigenvalue weighted by Crippen LogP contribution is 2.30. The molecule has 0 fully saturated rings. The van der Waals surface area contributed by atoms with Crippen molar-refractivity contribution in [3.8, 4) is 0 Å². The van der Waals surface area contributed by atoms with E-state index in [0.29, 0.717) is 5.13 Å². The summed E-state index contributed by atoms with van der Waals surface area (Å²) in [7, 11) is 0. The lowest BCUT2D eigenvalue weighted by molar-refractivity contribution is -0.384. The highest BCUT2D eigenvalue weighted by atomic mass is 35.5. The lowest BCUT2D eigenvalue weighted by Crippen LogP contribution is -2.27. The van der Waals surface area contributed by atoms with Crippen molar-refractivity contribution in [2.45, 2.75) is 25.3 Å². The first-order chi connectivity index (χ1) is 10.9. The summed E-state index contributed by atoms with van der Waals surface area (Å²) in [4.78, 5) is 28.0. The minimum atomic E-state index is -0.591. The molecule has 1 aromatic heterocycles. The number of fused-ring (bicyclic) bond motifs is 1. The summed E-state index contributed by atoms with van der Waals surface area (Å²) in [6, 6.07) is 3.89. The van der Waals surface area contributed by atoms with Gasteiger partial charge in [-0.05, 0) is 25.3 Å². The number of nitrogens with one attached hydrogen (secondary N) is 1. The van der Waals surface area contributed by atoms with Crippen molar-refractivity contribution in [3.63, 3.8) is 0 Å². The molecule has 0 spiro atoms. The molecule has 0 radical (unpaired) electrons. The Morgan fingerprint density at radius 1 is 1.48 bits per heavy atom. The second kappa shape index (κ2) is 6.23. The SMILES string of the molecule is N[C@H]1CCc2nc(NC(=O)c3cc(Cl)cc([N+](=O)[O-])c3)sc2C1. The lowest BCUT2D eigenvalue weighted by atomic mass is 9.99. The highest BCUT2D eigenvalue weighted by molar-refractivity contribution is 7.15. The molecule has 1 aliphatic carbocycles. The van der Waals surface area contributed by atoms with E-state index >= 15 is 0 Å². The molecule has 0 saturated carbocycles. The monoisotopic (exact) mass is 352 g/mol. The van der Waals surface area contributed by atoms with Gasteiger partial charge in [0.15, 0.2) is 5.13 Å². The Bertz CT molecular complexity index is 792. The predicted octanol–water partition coefficient (Wildman–Crippen LogP) is 2.77. The Morgan fingerprint density at radius 3 is 3.00 bits per heavy atom. The Labute approximate surface area is 140 Å². The van der Waals surface area contributed by atoms with E-state index in [1.807, 2.05) is 0 Å². The summed E-state index contributed by atoms with van der Waals surface area (Å²) in [6.07, 6.45) is 2.43. The van der Waals surface area contributed by atoms with Crippen molar-refractivity contribution in [2.75, 3.05) is 5.32 Å².